The number of likely N-dealkylation sites (tertiary alicyclic amines) is 1. The van der Waals surface area contributed by atoms with E-state index in [4.69, 9.17) is 16.3 Å². The summed E-state index contributed by atoms with van der Waals surface area (Å²) in [6.45, 7) is 2.82. The van der Waals surface area contributed by atoms with Gasteiger partial charge >= 0.3 is 6.09 Å². The van der Waals surface area contributed by atoms with E-state index in [9.17, 15) is 9.59 Å². The molecule has 1 aliphatic rings. The number of rotatable bonds is 4. The summed E-state index contributed by atoms with van der Waals surface area (Å²) in [7, 11) is 0. The van der Waals surface area contributed by atoms with Gasteiger partial charge in [0.2, 0.25) is 0 Å². The van der Waals surface area contributed by atoms with E-state index in [1.807, 2.05) is 0 Å². The van der Waals surface area contributed by atoms with Crippen LogP contribution in [0.1, 0.15) is 26.2 Å². The number of Topliss-reactive ketones (excluding diaryl/α,β-unsaturated/α-hetero) is 1. The minimum absolute atomic E-state index is 0.0159. The van der Waals surface area contributed by atoms with Gasteiger partial charge in [0.1, 0.15) is 5.78 Å². The van der Waals surface area contributed by atoms with Crippen molar-refractivity contribution in [1.82, 2.24) is 4.90 Å². The Balaban J connectivity index is 2.49. The van der Waals surface area contributed by atoms with Crippen molar-refractivity contribution in [1.29, 1.82) is 0 Å². The normalized spacial score (nSPS) is 20.4. The van der Waals surface area contributed by atoms with Crippen molar-refractivity contribution in [2.45, 2.75) is 32.2 Å². The third-order valence-corrected chi connectivity index (χ3v) is 2.79. The van der Waals surface area contributed by atoms with E-state index in [0.717, 1.165) is 12.8 Å². The van der Waals surface area contributed by atoms with Crippen LogP contribution in [0.15, 0.2) is 0 Å². The van der Waals surface area contributed by atoms with E-state index < -0.39 is 0 Å². The lowest BCUT2D eigenvalue weighted by Gasteiger charge is -2.22. The summed E-state index contributed by atoms with van der Waals surface area (Å²) in [5, 5.41) is 0. The van der Waals surface area contributed by atoms with Crippen LogP contribution >= 0.6 is 11.6 Å². The Bertz CT molecular complexity index is 245. The Hall–Kier alpha value is -0.770. The molecule has 0 saturated carbocycles. The lowest BCUT2D eigenvalue weighted by Crippen LogP contribution is -2.37. The molecule has 1 heterocycles. The van der Waals surface area contributed by atoms with E-state index in [-0.39, 0.29) is 23.8 Å². The summed E-state index contributed by atoms with van der Waals surface area (Å²) in [5.74, 6) is 0.00513. The van der Waals surface area contributed by atoms with E-state index >= 15 is 0 Å². The number of nitrogens with zero attached hydrogens (tertiary/aromatic N) is 1. The highest BCUT2D eigenvalue weighted by Crippen LogP contribution is 2.21. The minimum Gasteiger partial charge on any atom is -0.450 e. The number of ketones is 1. The summed E-state index contributed by atoms with van der Waals surface area (Å²) in [4.78, 5) is 24.3. The van der Waals surface area contributed by atoms with Crippen molar-refractivity contribution in [3.05, 3.63) is 0 Å². The number of ether oxygens (including phenoxy) is 1. The van der Waals surface area contributed by atoms with Crippen molar-refractivity contribution >= 4 is 23.5 Å². The molecule has 86 valence electrons. The number of carbonyl (C=O) groups excluding carboxylic acids is 2. The van der Waals surface area contributed by atoms with Gasteiger partial charge in [0.05, 0.1) is 12.5 Å². The molecule has 0 aliphatic carbocycles. The van der Waals surface area contributed by atoms with Crippen LogP contribution < -0.4 is 0 Å². The maximum absolute atomic E-state index is 11.5. The van der Waals surface area contributed by atoms with Crippen LogP contribution in [0.3, 0.4) is 0 Å². The molecule has 0 aromatic heterocycles. The molecule has 0 aromatic rings. The number of halogens is 1. The van der Waals surface area contributed by atoms with Crippen LogP contribution in [0.2, 0.25) is 0 Å². The van der Waals surface area contributed by atoms with Crippen LogP contribution in [0, 0.1) is 0 Å². The second kappa shape index (κ2) is 5.95. The van der Waals surface area contributed by atoms with Crippen molar-refractivity contribution in [3.8, 4) is 0 Å². The molecule has 1 fully saturated rings. The SMILES string of the molecule is CCOC(=O)N1CCCC1CC(=O)CCl. The van der Waals surface area contributed by atoms with Gasteiger partial charge in [0.25, 0.3) is 0 Å². The van der Waals surface area contributed by atoms with Crippen LogP contribution in [0.25, 0.3) is 0 Å². The molecule has 0 N–H and O–H groups in total. The van der Waals surface area contributed by atoms with Gasteiger partial charge in [-0.05, 0) is 19.8 Å². The molecule has 0 spiro atoms. The molecule has 4 nitrogen and oxygen atoms in total. The smallest absolute Gasteiger partial charge is 0.410 e. The summed E-state index contributed by atoms with van der Waals surface area (Å²) < 4.78 is 4.91. The fourth-order valence-electron chi connectivity index (χ4n) is 1.81. The van der Waals surface area contributed by atoms with Crippen molar-refractivity contribution in [3.63, 3.8) is 0 Å². The predicted octanol–water partition coefficient (Wildman–Crippen LogP) is 1.81. The maximum atomic E-state index is 11.5. The monoisotopic (exact) mass is 233 g/mol. The molecule has 1 rings (SSSR count). The largest absolute Gasteiger partial charge is 0.450 e. The summed E-state index contributed by atoms with van der Waals surface area (Å²) in [6.07, 6.45) is 1.82. The van der Waals surface area contributed by atoms with Gasteiger partial charge in [-0.1, -0.05) is 0 Å². The topological polar surface area (TPSA) is 46.6 Å². The van der Waals surface area contributed by atoms with Gasteiger partial charge in [-0.15, -0.1) is 11.6 Å². The van der Waals surface area contributed by atoms with Crippen LogP contribution in [0.5, 0.6) is 0 Å². The lowest BCUT2D eigenvalue weighted by atomic mass is 10.1. The number of hydrogen-bond acceptors (Lipinski definition) is 3. The molecule has 1 atom stereocenters. The fourth-order valence-corrected chi connectivity index (χ4v) is 1.92. The van der Waals surface area contributed by atoms with Gasteiger partial charge in [0, 0.05) is 19.0 Å². The quantitative estimate of drug-likeness (QED) is 0.696. The zero-order chi connectivity index (χ0) is 11.3. The first-order valence-electron chi connectivity index (χ1n) is 5.20. The van der Waals surface area contributed by atoms with Crippen molar-refractivity contribution < 1.29 is 14.3 Å². The molecule has 0 aromatic carbocycles. The molecule has 0 radical (unpaired) electrons. The standard InChI is InChI=1S/C10H16ClNO3/c1-2-15-10(14)12-5-3-4-8(12)6-9(13)7-11/h8H,2-7H2,1H3. The molecule has 1 unspecified atom stereocenters. The molecular formula is C10H16ClNO3. The predicted molar refractivity (Wildman–Crippen MR) is 57.1 cm³/mol. The number of alkyl halides is 1. The lowest BCUT2D eigenvalue weighted by molar-refractivity contribution is -0.117. The second-order valence-corrected chi connectivity index (χ2v) is 3.83. The highest BCUT2D eigenvalue weighted by atomic mass is 35.5. The highest BCUT2D eigenvalue weighted by molar-refractivity contribution is 6.27. The van der Waals surface area contributed by atoms with Crippen LogP contribution in [-0.4, -0.2) is 41.8 Å². The third-order valence-electron chi connectivity index (χ3n) is 2.49. The molecule has 1 aliphatic heterocycles. The van der Waals surface area contributed by atoms with Gasteiger partial charge in [0.15, 0.2) is 0 Å². The van der Waals surface area contributed by atoms with Gasteiger partial charge < -0.3 is 9.64 Å². The molecule has 15 heavy (non-hydrogen) atoms. The zero-order valence-corrected chi connectivity index (χ0v) is 9.63. The van der Waals surface area contributed by atoms with Crippen molar-refractivity contribution in [2.75, 3.05) is 19.0 Å². The first-order chi connectivity index (χ1) is 7.19. The first-order valence-corrected chi connectivity index (χ1v) is 5.73. The molecule has 1 saturated heterocycles. The van der Waals surface area contributed by atoms with Gasteiger partial charge in [-0.2, -0.15) is 0 Å². The third kappa shape index (κ3) is 3.38. The van der Waals surface area contributed by atoms with E-state index in [1.54, 1.807) is 11.8 Å². The van der Waals surface area contributed by atoms with E-state index in [0.29, 0.717) is 19.6 Å². The average molecular weight is 234 g/mol. The zero-order valence-electron chi connectivity index (χ0n) is 8.87. The molecular weight excluding hydrogens is 218 g/mol. The number of hydrogen-bond donors (Lipinski definition) is 0. The maximum Gasteiger partial charge on any atom is 0.410 e. The number of carbonyl (C=O) groups is 2. The Labute approximate surface area is 94.5 Å². The second-order valence-electron chi connectivity index (χ2n) is 3.56. The van der Waals surface area contributed by atoms with Gasteiger partial charge in [-0.3, -0.25) is 4.79 Å². The minimum atomic E-state index is -0.317. The van der Waals surface area contributed by atoms with Crippen LogP contribution in [0.4, 0.5) is 4.79 Å². The van der Waals surface area contributed by atoms with E-state index in [1.165, 1.54) is 0 Å². The Kier molecular flexibility index (Phi) is 4.88. The molecule has 5 heteroatoms. The van der Waals surface area contributed by atoms with E-state index in [2.05, 4.69) is 0 Å². The highest BCUT2D eigenvalue weighted by Gasteiger charge is 2.30. The fraction of sp³-hybridized carbons (Fsp3) is 0.800. The Morgan fingerprint density at radius 3 is 2.87 bits per heavy atom. The first kappa shape index (κ1) is 12.3. The Morgan fingerprint density at radius 1 is 1.53 bits per heavy atom. The number of amides is 1. The van der Waals surface area contributed by atoms with Gasteiger partial charge in [-0.25, -0.2) is 4.79 Å². The average Bonchev–Trinajstić information content (AvgIpc) is 2.66. The summed E-state index contributed by atoms with van der Waals surface area (Å²) in [6, 6.07) is -0.0182. The van der Waals surface area contributed by atoms with Crippen molar-refractivity contribution in [2.24, 2.45) is 0 Å². The Morgan fingerprint density at radius 2 is 2.27 bits per heavy atom. The molecule has 0 bridgehead atoms. The molecule has 1 amide bonds. The summed E-state index contributed by atoms with van der Waals surface area (Å²) >= 11 is 5.43. The summed E-state index contributed by atoms with van der Waals surface area (Å²) in [5.41, 5.74) is 0. The van der Waals surface area contributed by atoms with Crippen LogP contribution in [-0.2, 0) is 9.53 Å².